The third kappa shape index (κ3) is 31.1. The number of rotatable bonds is 5. The number of esters is 3. The van der Waals surface area contributed by atoms with Crippen LogP contribution in [0, 0.1) is 17.8 Å². The standard InChI is InChI=1S/2C21H33N3O6S2.C20H31N3O6S2/c1-12(2)8-15-17(25)10-19(27)30-14-6-4-5-7-31-32-11-16(21(29)23-15)24-20(28)13(3)22-18(26)9-14;1-4-12(2)19-16(25)10-18(27)30-14-7-5-6-8-31-32-11-15(21(29)24-19)23-20(28)13(3)22-17(26)9-14;1-11(2)18-15(24)9-17(26)29-13-6-4-5-7-30-31-10-14(20(28)23-18)22-19(27)12(3)21-16(25)8-13/h4,6,12-17,25H,5,7-11H2,1-3H3,(H,22,26)(H,23,29)(H,24,28);5,7,12-16,19,25H,4,6,8-11H2,1-3H3,(H,22,26)(H,23,28)(H,24,29);4,6,11-15,18,24H,5,7-10H2,1-3H3,(H,21,25)(H,22,27)(H,23,28)/b6-4+;7-5+;6-4+/t;12?,13?,14-,15?,16+,19?;12?,13-,14?,15+,18?/m.11/s1. The molecule has 6 rings (SSSR count). The average molecular weight is 1450 g/mol. The van der Waals surface area contributed by atoms with Gasteiger partial charge in [0.2, 0.25) is 53.2 Å². The molecule has 6 aliphatic heterocycles. The van der Waals surface area contributed by atoms with Gasteiger partial charge in [0.05, 0.1) is 75.0 Å². The van der Waals surface area contributed by atoms with Gasteiger partial charge in [-0.05, 0) is 82.4 Å². The molecule has 16 atom stereocenters. The van der Waals surface area contributed by atoms with Gasteiger partial charge in [-0.25, -0.2) is 0 Å². The van der Waals surface area contributed by atoms with E-state index in [1.165, 1.54) is 53.2 Å². The second-order valence-corrected chi connectivity index (χ2v) is 32.4. The van der Waals surface area contributed by atoms with Crippen LogP contribution >= 0.6 is 64.8 Å². The molecule has 33 heteroatoms. The van der Waals surface area contributed by atoms with Crippen LogP contribution in [-0.4, -0.2) is 212 Å². The van der Waals surface area contributed by atoms with Crippen molar-refractivity contribution in [3.05, 3.63) is 36.5 Å². The lowest BCUT2D eigenvalue weighted by Crippen LogP contribution is -2.57. The smallest absolute Gasteiger partial charge is 0.309 e. The predicted molar refractivity (Wildman–Crippen MR) is 370 cm³/mol. The van der Waals surface area contributed by atoms with E-state index in [4.69, 9.17) is 14.2 Å². The molecule has 0 radical (unpaired) electrons. The maximum absolute atomic E-state index is 13.1. The Hall–Kier alpha value is -5.16. The SMILES string of the molecule is CC(C)CC1NC(=O)C2CSSCC/C=C/C(CC(=O)NC(C)C(=O)N2)OC(=O)CC1O.CC1NC(=O)C[C@H]2/C=C/CCSSCC(NC1=O)C(=O)NC(C(C)C)[C@@H](O)CC(=O)O2.CCC(C)C1NC(=O)C2CSSCC/C=C/[C@H](CC(=O)NC(C)C(=O)N2)OC(=O)C[C@@H]1O. The number of fused-ring (bicyclic) bond motifs is 21. The fourth-order valence-corrected chi connectivity index (χ4v) is 16.4. The normalized spacial score (nSPS) is 33.0. The van der Waals surface area contributed by atoms with Gasteiger partial charge < -0.3 is 77.4 Å². The van der Waals surface area contributed by atoms with Crippen LogP contribution in [0.5, 0.6) is 0 Å². The summed E-state index contributed by atoms with van der Waals surface area (Å²) in [6.07, 6.45) is 6.34. The molecule has 27 nitrogen and oxygen atoms in total. The number of aliphatic hydroxyl groups excluding tert-OH is 3. The van der Waals surface area contributed by atoms with E-state index in [0.29, 0.717) is 49.4 Å². The Kier molecular flexibility index (Phi) is 37.5. The number of nitrogens with one attached hydrogen (secondary N) is 9. The third-order valence-corrected chi connectivity index (χ3v) is 22.7. The number of amides is 9. The zero-order valence-corrected chi connectivity index (χ0v) is 60.2. The first-order valence-electron chi connectivity index (χ1n) is 32.1. The number of aliphatic hydroxyl groups is 3. The molecule has 0 saturated carbocycles. The topological polar surface area (TPSA) is 401 Å². The lowest BCUT2D eigenvalue weighted by Gasteiger charge is -2.30. The largest absolute Gasteiger partial charge is 0.457 e. The minimum Gasteiger partial charge on any atom is -0.457 e. The zero-order valence-electron chi connectivity index (χ0n) is 55.3. The molecule has 3 saturated heterocycles. The number of carbonyl (C=O) groups excluding carboxylic acids is 12. The van der Waals surface area contributed by atoms with Crippen molar-refractivity contribution in [2.75, 3.05) is 34.5 Å². The fraction of sp³-hybridized carbons (Fsp3) is 0.710. The van der Waals surface area contributed by atoms with E-state index in [9.17, 15) is 72.9 Å². The van der Waals surface area contributed by atoms with Crippen molar-refractivity contribution in [1.82, 2.24) is 47.9 Å². The zero-order chi connectivity index (χ0) is 70.3. The molecule has 12 unspecified atom stereocenters. The van der Waals surface area contributed by atoms with E-state index in [1.54, 1.807) is 50.6 Å². The molecule has 0 aromatic rings. The second-order valence-electron chi connectivity index (χ2n) is 24.5. The predicted octanol–water partition coefficient (Wildman–Crippen LogP) is 2.35. The van der Waals surface area contributed by atoms with Gasteiger partial charge in [0.1, 0.15) is 54.6 Å². The third-order valence-electron chi connectivity index (χ3n) is 15.4. The molecule has 6 aliphatic rings. The molecule has 0 spiro atoms. The highest BCUT2D eigenvalue weighted by Crippen LogP contribution is 2.28. The summed E-state index contributed by atoms with van der Waals surface area (Å²) in [7, 11) is 9.08. The molecule has 12 N–H and O–H groups in total. The number of hydrogen-bond donors (Lipinski definition) is 12. The van der Waals surface area contributed by atoms with Crippen LogP contribution in [-0.2, 0) is 71.7 Å². The maximum atomic E-state index is 13.1. The lowest BCUT2D eigenvalue weighted by molar-refractivity contribution is -0.152. The molecule has 6 bridgehead atoms. The second kappa shape index (κ2) is 43.3. The Morgan fingerprint density at radius 2 is 0.747 bits per heavy atom. The van der Waals surface area contributed by atoms with Crippen molar-refractivity contribution in [2.24, 2.45) is 17.8 Å². The monoisotopic (exact) mass is 1450 g/mol. The molecule has 6 heterocycles. The van der Waals surface area contributed by atoms with Crippen molar-refractivity contribution >= 4 is 136 Å². The summed E-state index contributed by atoms with van der Waals surface area (Å²) in [5.41, 5.74) is 0. The summed E-state index contributed by atoms with van der Waals surface area (Å²) < 4.78 is 16.3. The number of hydrogen-bond acceptors (Lipinski definition) is 24. The molecule has 0 aromatic heterocycles. The van der Waals surface area contributed by atoms with E-state index in [2.05, 4.69) is 47.9 Å². The van der Waals surface area contributed by atoms with E-state index in [0.717, 1.165) is 17.3 Å². The van der Waals surface area contributed by atoms with Gasteiger partial charge in [-0.3, -0.25) is 57.5 Å². The summed E-state index contributed by atoms with van der Waals surface area (Å²) in [6, 6.07) is -7.27. The Bertz CT molecular complexity index is 2700. The molecule has 534 valence electrons. The van der Waals surface area contributed by atoms with Crippen LogP contribution in [0.15, 0.2) is 36.5 Å². The van der Waals surface area contributed by atoms with Gasteiger partial charge in [-0.15, -0.1) is 0 Å². The van der Waals surface area contributed by atoms with Crippen LogP contribution in [0.25, 0.3) is 0 Å². The van der Waals surface area contributed by atoms with Crippen LogP contribution in [0.2, 0.25) is 0 Å². The van der Waals surface area contributed by atoms with Crippen molar-refractivity contribution in [1.29, 1.82) is 0 Å². The minimum absolute atomic E-state index is 0.118. The van der Waals surface area contributed by atoms with Crippen LogP contribution < -0.4 is 47.9 Å². The van der Waals surface area contributed by atoms with Gasteiger partial charge in [0.15, 0.2) is 0 Å². The Labute approximate surface area is 579 Å². The highest BCUT2D eigenvalue weighted by Gasteiger charge is 2.37. The average Bonchev–Trinajstić information content (AvgIpc) is 1.94. The minimum atomic E-state index is -1.18. The lowest BCUT2D eigenvalue weighted by atomic mass is 9.92. The molecule has 9 amide bonds. The van der Waals surface area contributed by atoms with Gasteiger partial charge >= 0.3 is 17.9 Å². The summed E-state index contributed by atoms with van der Waals surface area (Å²) in [6.45, 7) is 15.9. The van der Waals surface area contributed by atoms with Gasteiger partial charge in [-0.1, -0.05) is 131 Å². The molecule has 95 heavy (non-hydrogen) atoms. The van der Waals surface area contributed by atoms with Gasteiger partial charge in [0, 0.05) is 34.5 Å². The first-order valence-corrected chi connectivity index (χ1v) is 39.6. The van der Waals surface area contributed by atoms with Crippen molar-refractivity contribution in [2.45, 2.75) is 224 Å². The van der Waals surface area contributed by atoms with E-state index < -0.39 is 162 Å². The first kappa shape index (κ1) is 82.3. The van der Waals surface area contributed by atoms with Crippen LogP contribution in [0.1, 0.15) is 133 Å². The Morgan fingerprint density at radius 3 is 1.08 bits per heavy atom. The fourth-order valence-electron chi connectivity index (χ4n) is 9.92. The maximum Gasteiger partial charge on any atom is 0.309 e. The van der Waals surface area contributed by atoms with Gasteiger partial charge in [0.25, 0.3) is 0 Å². The molecule has 0 aliphatic carbocycles. The first-order chi connectivity index (χ1) is 45.0. The van der Waals surface area contributed by atoms with E-state index in [1.807, 2.05) is 59.8 Å². The summed E-state index contributed by atoms with van der Waals surface area (Å²) in [4.78, 5) is 152. The summed E-state index contributed by atoms with van der Waals surface area (Å²) in [5, 5.41) is 56.4. The van der Waals surface area contributed by atoms with Crippen LogP contribution in [0.3, 0.4) is 0 Å². The van der Waals surface area contributed by atoms with Gasteiger partial charge in [-0.2, -0.15) is 0 Å². The van der Waals surface area contributed by atoms with E-state index in [-0.39, 0.29) is 56.3 Å². The van der Waals surface area contributed by atoms with E-state index >= 15 is 0 Å². The Balaban J connectivity index is 0.000000303. The quantitative estimate of drug-likeness (QED) is 0.0813. The molecule has 0 aromatic carbocycles. The highest BCUT2D eigenvalue weighted by molar-refractivity contribution is 8.77. The highest BCUT2D eigenvalue weighted by atomic mass is 33.1. The Morgan fingerprint density at radius 1 is 0.421 bits per heavy atom. The van der Waals surface area contributed by atoms with Crippen LogP contribution in [0.4, 0.5) is 0 Å². The molecular formula is C62H97N9O18S6. The molecular weight excluding hydrogens is 1350 g/mol. The van der Waals surface area contributed by atoms with Crippen molar-refractivity contribution < 1.29 is 87.1 Å². The summed E-state index contributed by atoms with van der Waals surface area (Å²) >= 11 is 0. The number of ether oxygens (including phenoxy) is 3. The summed E-state index contributed by atoms with van der Waals surface area (Å²) in [5.74, 6) is -3.08. The number of allylic oxidation sites excluding steroid dienone is 3. The number of carbonyl (C=O) groups is 12. The molecule has 3 fully saturated rings. The van der Waals surface area contributed by atoms with Crippen molar-refractivity contribution in [3.8, 4) is 0 Å². The van der Waals surface area contributed by atoms with Crippen molar-refractivity contribution in [3.63, 3.8) is 0 Å².